The van der Waals surface area contributed by atoms with Gasteiger partial charge in [-0.3, -0.25) is 15.0 Å². The summed E-state index contributed by atoms with van der Waals surface area (Å²) < 4.78 is 19.2. The van der Waals surface area contributed by atoms with Crippen LogP contribution in [0.1, 0.15) is 44.5 Å². The molecule has 3 aromatic heterocycles. The standard InChI is InChI=1S/C50H44N2.3C9H7NO.Al/c1-37-9-5-13-47(33-37)51(48-14-6-10-38(2)34-48)45-29-25-43(26-30-45)23-21-41-17-19-42(20-18-41)22-24-44-27-31-46(32-28-44)52(49-15-7-11-39(3)35-49)50-16-8-12-40(4)36-50;3*11-8-5-1-3-7-4-2-6-10-9(7)8;/h5-36H,1-4H3;3*1-6,11H;/q;;;;+3/p-3. The van der Waals surface area contributed by atoms with Crippen LogP contribution in [0.15, 0.2) is 279 Å². The first-order valence-corrected chi connectivity index (χ1v) is 30.2. The van der Waals surface area contributed by atoms with E-state index < -0.39 is 15.1 Å². The summed E-state index contributed by atoms with van der Waals surface area (Å²) in [5.74, 6) is 1.82. The van der Waals surface area contributed by atoms with Crippen molar-refractivity contribution in [3.63, 3.8) is 0 Å². The zero-order valence-corrected chi connectivity index (χ0v) is 49.6. The number of rotatable bonds is 16. The van der Waals surface area contributed by atoms with Crippen LogP contribution in [0.2, 0.25) is 0 Å². The molecule has 13 aromatic rings. The molecule has 0 N–H and O–H groups in total. The Kier molecular flexibility index (Phi) is 17.1. The van der Waals surface area contributed by atoms with Gasteiger partial charge in [-0.15, -0.1) is 0 Å². The summed E-state index contributed by atoms with van der Waals surface area (Å²) in [6, 6.07) is 90.1. The van der Waals surface area contributed by atoms with Gasteiger partial charge >= 0.3 is 15.1 Å². The van der Waals surface area contributed by atoms with Gasteiger partial charge in [0.25, 0.3) is 0 Å². The number of hydrogen-bond donors (Lipinski definition) is 0. The number of hydrogen-bond acceptors (Lipinski definition) is 8. The van der Waals surface area contributed by atoms with E-state index in [1.54, 1.807) is 18.6 Å². The highest BCUT2D eigenvalue weighted by atomic mass is 27.3. The Labute approximate surface area is 508 Å². The van der Waals surface area contributed by atoms with Crippen molar-refractivity contribution in [2.45, 2.75) is 27.7 Å². The van der Waals surface area contributed by atoms with E-state index in [1.165, 1.54) is 33.4 Å². The molecule has 0 saturated heterocycles. The van der Waals surface area contributed by atoms with Crippen LogP contribution in [-0.2, 0) is 0 Å². The molecule has 9 heteroatoms. The highest BCUT2D eigenvalue weighted by Crippen LogP contribution is 2.38. The average molecular weight is 1130 g/mol. The lowest BCUT2D eigenvalue weighted by molar-refractivity contribution is 0.311. The van der Waals surface area contributed by atoms with E-state index in [9.17, 15) is 0 Å². The van der Waals surface area contributed by atoms with Crippen molar-refractivity contribution >= 4 is 106 Å². The topological polar surface area (TPSA) is 72.8 Å². The number of pyridine rings is 3. The summed E-state index contributed by atoms with van der Waals surface area (Å²) in [4.78, 5) is 18.2. The van der Waals surface area contributed by atoms with E-state index in [0.717, 1.165) is 78.0 Å². The summed E-state index contributed by atoms with van der Waals surface area (Å²) in [6.07, 6.45) is 13.9. The van der Waals surface area contributed by atoms with E-state index in [0.29, 0.717) is 17.2 Å². The molecule has 0 saturated carbocycles. The first kappa shape index (κ1) is 56.0. The highest BCUT2D eigenvalue weighted by Gasteiger charge is 2.46. The Balaban J connectivity index is 0.000000183. The maximum Gasteiger partial charge on any atom is 1.20 e. The van der Waals surface area contributed by atoms with Gasteiger partial charge in [0.05, 0.1) is 0 Å². The zero-order valence-electron chi connectivity index (χ0n) is 48.4. The molecule has 0 aliphatic rings. The predicted octanol–water partition coefficient (Wildman–Crippen LogP) is 20.1. The van der Waals surface area contributed by atoms with Crippen LogP contribution in [0.3, 0.4) is 0 Å². The normalized spacial score (nSPS) is 11.2. The molecule has 0 aliphatic heterocycles. The van der Waals surface area contributed by atoms with E-state index in [1.807, 2.05) is 91.0 Å². The van der Waals surface area contributed by atoms with Crippen molar-refractivity contribution < 1.29 is 11.4 Å². The largest absolute Gasteiger partial charge is 1.20 e. The van der Waals surface area contributed by atoms with Gasteiger partial charge in [0.1, 0.15) is 33.8 Å². The van der Waals surface area contributed by atoms with Crippen molar-refractivity contribution in [3.05, 3.63) is 324 Å². The van der Waals surface area contributed by atoms with Gasteiger partial charge in [-0.1, -0.05) is 176 Å². The van der Waals surface area contributed by atoms with Crippen LogP contribution in [0, 0.1) is 27.7 Å². The first-order chi connectivity index (χ1) is 42.2. The molecule has 416 valence electrons. The Morgan fingerprint density at radius 2 is 0.535 bits per heavy atom. The summed E-state index contributed by atoms with van der Waals surface area (Å²) in [7, 11) is 0. The quantitative estimate of drug-likeness (QED) is 0.0700. The molecule has 0 fully saturated rings. The molecule has 0 atom stereocenters. The zero-order chi connectivity index (χ0) is 58.6. The second kappa shape index (κ2) is 26.4. The molecule has 0 amide bonds. The van der Waals surface area contributed by atoms with Crippen molar-refractivity contribution in [1.29, 1.82) is 0 Å². The monoisotopic (exact) mass is 1130 g/mol. The number of fused-ring (bicyclic) bond motifs is 3. The second-order valence-electron chi connectivity index (χ2n) is 21.2. The molecule has 0 spiro atoms. The molecular weight excluding hydrogens is 1070 g/mol. The van der Waals surface area contributed by atoms with Crippen LogP contribution in [-0.4, -0.2) is 30.1 Å². The van der Waals surface area contributed by atoms with Gasteiger partial charge in [-0.05, 0) is 181 Å². The number of aryl methyl sites for hydroxylation is 4. The van der Waals surface area contributed by atoms with E-state index in [-0.39, 0.29) is 0 Å². The second-order valence-corrected chi connectivity index (χ2v) is 22.5. The first-order valence-electron chi connectivity index (χ1n) is 28.8. The van der Waals surface area contributed by atoms with Gasteiger partial charge in [0, 0.05) is 68.9 Å². The summed E-state index contributed by atoms with van der Waals surface area (Å²) in [6.45, 7) is 8.56. The van der Waals surface area contributed by atoms with Crippen LogP contribution in [0.25, 0.3) is 57.0 Å². The molecule has 10 aromatic carbocycles. The van der Waals surface area contributed by atoms with Crippen LogP contribution >= 0.6 is 0 Å². The molecule has 0 unspecified atom stereocenters. The predicted molar refractivity (Wildman–Crippen MR) is 358 cm³/mol. The minimum Gasteiger partial charge on any atom is -0.576 e. The number of nitrogens with zero attached hydrogens (tertiary/aromatic N) is 5. The van der Waals surface area contributed by atoms with E-state index >= 15 is 0 Å². The molecule has 86 heavy (non-hydrogen) atoms. The van der Waals surface area contributed by atoms with Crippen molar-refractivity contribution in [3.8, 4) is 17.2 Å². The third-order valence-corrected chi connectivity index (χ3v) is 16.0. The SMILES string of the molecule is Cc1cccc(N(c2ccc(C=Cc3ccc(C=Cc4ccc(N(c5cccc(C)c5)c5cccc(C)c5)cc4)cc3)cc2)c2cccc(C)c2)c1.c1cnc2c([O][Al]([O]c3cccc4cccnc34)[O]c3cccc4cccnc34)cccc2c1. The van der Waals surface area contributed by atoms with Crippen molar-refractivity contribution in [1.82, 2.24) is 15.0 Å². The van der Waals surface area contributed by atoms with Gasteiger partial charge < -0.3 is 21.2 Å². The molecular formula is C77H62AlN5O3. The Hall–Kier alpha value is -10.6. The Morgan fingerprint density at radius 1 is 0.279 bits per heavy atom. The minimum absolute atomic E-state index is 0.608. The molecule has 3 heterocycles. The van der Waals surface area contributed by atoms with Gasteiger partial charge in [0.2, 0.25) is 0 Å². The lowest BCUT2D eigenvalue weighted by Gasteiger charge is -2.26. The number of benzene rings is 10. The lowest BCUT2D eigenvalue weighted by Crippen LogP contribution is -2.37. The van der Waals surface area contributed by atoms with E-state index in [4.69, 9.17) is 11.4 Å². The van der Waals surface area contributed by atoms with Crippen molar-refractivity contribution in [2.24, 2.45) is 0 Å². The van der Waals surface area contributed by atoms with Crippen LogP contribution in [0.5, 0.6) is 17.2 Å². The lowest BCUT2D eigenvalue weighted by atomic mass is 10.1. The summed E-state index contributed by atoms with van der Waals surface area (Å²) in [5.41, 5.74) is 18.8. The van der Waals surface area contributed by atoms with Crippen LogP contribution < -0.4 is 21.2 Å². The van der Waals surface area contributed by atoms with E-state index in [2.05, 4.69) is 247 Å². The van der Waals surface area contributed by atoms with Gasteiger partial charge in [0.15, 0.2) is 0 Å². The number of anilines is 6. The van der Waals surface area contributed by atoms with Gasteiger partial charge in [-0.2, -0.15) is 0 Å². The van der Waals surface area contributed by atoms with Crippen molar-refractivity contribution in [2.75, 3.05) is 9.80 Å². The number of para-hydroxylation sites is 3. The molecule has 13 rings (SSSR count). The Morgan fingerprint density at radius 3 is 0.814 bits per heavy atom. The third kappa shape index (κ3) is 13.6. The van der Waals surface area contributed by atoms with Crippen LogP contribution in [0.4, 0.5) is 34.1 Å². The minimum atomic E-state index is -2.86. The molecule has 0 aliphatic carbocycles. The summed E-state index contributed by atoms with van der Waals surface area (Å²) >= 11 is -2.86. The average Bonchev–Trinajstić information content (AvgIpc) is 3.65. The fraction of sp³-hybridized carbons (Fsp3) is 0.0519. The fourth-order valence-corrected chi connectivity index (χ4v) is 11.8. The maximum atomic E-state index is 6.41. The smallest absolute Gasteiger partial charge is 0.576 e. The molecule has 0 radical (unpaired) electrons. The van der Waals surface area contributed by atoms with Gasteiger partial charge in [-0.25, -0.2) is 0 Å². The fourth-order valence-electron chi connectivity index (χ4n) is 10.4. The third-order valence-electron chi connectivity index (χ3n) is 14.7. The highest BCUT2D eigenvalue weighted by molar-refractivity contribution is 6.40. The molecule has 8 nitrogen and oxygen atoms in total. The Bertz CT molecular complexity index is 4060. The number of aromatic nitrogens is 3. The summed E-state index contributed by atoms with van der Waals surface area (Å²) in [5, 5.41) is 2.93. The molecule has 0 bridgehead atoms. The maximum absolute atomic E-state index is 6.41.